The van der Waals surface area contributed by atoms with Crippen LogP contribution in [-0.4, -0.2) is 36.4 Å². The van der Waals surface area contributed by atoms with Crippen molar-refractivity contribution < 1.29 is 18.3 Å². The first kappa shape index (κ1) is 14.5. The summed E-state index contributed by atoms with van der Waals surface area (Å²) in [7, 11) is -3.85. The van der Waals surface area contributed by atoms with Gasteiger partial charge in [-0.2, -0.15) is 9.57 Å². The number of carbonyl (C=O) groups is 1. The van der Waals surface area contributed by atoms with Crippen LogP contribution in [0.1, 0.15) is 24.0 Å². The molecule has 7 heteroatoms. The summed E-state index contributed by atoms with van der Waals surface area (Å²) in [5.41, 5.74) is 0.817. The largest absolute Gasteiger partial charge is 0.480 e. The van der Waals surface area contributed by atoms with Crippen molar-refractivity contribution in [2.45, 2.75) is 30.7 Å². The predicted octanol–water partition coefficient (Wildman–Crippen LogP) is 1.10. The van der Waals surface area contributed by atoms with E-state index in [4.69, 9.17) is 10.4 Å². The maximum Gasteiger partial charge on any atom is 0.322 e. The number of sulfonamides is 1. The zero-order valence-electron chi connectivity index (χ0n) is 10.9. The van der Waals surface area contributed by atoms with Gasteiger partial charge in [0, 0.05) is 6.54 Å². The molecule has 0 unspecified atom stereocenters. The third kappa shape index (κ3) is 2.40. The van der Waals surface area contributed by atoms with Gasteiger partial charge in [-0.1, -0.05) is 0 Å². The summed E-state index contributed by atoms with van der Waals surface area (Å²) >= 11 is 0. The van der Waals surface area contributed by atoms with Gasteiger partial charge in [-0.25, -0.2) is 8.42 Å². The lowest BCUT2D eigenvalue weighted by Crippen LogP contribution is -2.40. The third-order valence-corrected chi connectivity index (χ3v) is 5.45. The van der Waals surface area contributed by atoms with E-state index in [1.165, 1.54) is 18.2 Å². The SMILES string of the molecule is Cc1cc(C#N)ccc1S(=O)(=O)N1CCC[C@@H]1C(=O)O. The number of nitrogens with zero attached hydrogens (tertiary/aromatic N) is 2. The molecule has 0 spiro atoms. The summed E-state index contributed by atoms with van der Waals surface area (Å²) in [4.78, 5) is 11.2. The second-order valence-corrected chi connectivity index (χ2v) is 6.56. The minimum Gasteiger partial charge on any atom is -0.480 e. The molecule has 1 aliphatic rings. The Morgan fingerprint density at radius 1 is 1.50 bits per heavy atom. The Hall–Kier alpha value is -1.91. The van der Waals surface area contributed by atoms with Crippen LogP contribution in [0, 0.1) is 18.3 Å². The monoisotopic (exact) mass is 294 g/mol. The molecule has 1 aromatic rings. The standard InChI is InChI=1S/C13H14N2O4S/c1-9-7-10(8-14)4-5-12(9)20(18,19)15-6-2-3-11(15)13(16)17/h4-5,7,11H,2-3,6H2,1H3,(H,16,17)/t11-/m1/s1. The van der Waals surface area contributed by atoms with Gasteiger partial charge >= 0.3 is 5.97 Å². The van der Waals surface area contributed by atoms with E-state index in [2.05, 4.69) is 0 Å². The van der Waals surface area contributed by atoms with Crippen LogP contribution >= 0.6 is 0 Å². The fourth-order valence-electron chi connectivity index (χ4n) is 2.41. The Morgan fingerprint density at radius 3 is 2.75 bits per heavy atom. The zero-order chi connectivity index (χ0) is 14.9. The van der Waals surface area contributed by atoms with E-state index >= 15 is 0 Å². The summed E-state index contributed by atoms with van der Waals surface area (Å²) in [5, 5.41) is 17.9. The first-order chi connectivity index (χ1) is 9.37. The Balaban J connectivity index is 2.46. The predicted molar refractivity (Wildman–Crippen MR) is 70.4 cm³/mol. The molecule has 0 bridgehead atoms. The van der Waals surface area contributed by atoms with Gasteiger partial charge in [0.1, 0.15) is 6.04 Å². The average Bonchev–Trinajstić information content (AvgIpc) is 2.88. The maximum atomic E-state index is 12.5. The summed E-state index contributed by atoms with van der Waals surface area (Å²) in [6.45, 7) is 1.80. The molecule has 0 radical (unpaired) electrons. The van der Waals surface area contributed by atoms with Gasteiger partial charge in [0.05, 0.1) is 16.5 Å². The van der Waals surface area contributed by atoms with E-state index in [0.717, 1.165) is 4.31 Å². The first-order valence-corrected chi connectivity index (χ1v) is 7.57. The van der Waals surface area contributed by atoms with Gasteiger partial charge in [-0.3, -0.25) is 4.79 Å². The zero-order valence-corrected chi connectivity index (χ0v) is 11.7. The molecule has 1 atom stereocenters. The number of nitriles is 1. The summed E-state index contributed by atoms with van der Waals surface area (Å²) in [6.07, 6.45) is 0.857. The van der Waals surface area contributed by atoms with E-state index < -0.39 is 22.0 Å². The quantitative estimate of drug-likeness (QED) is 0.900. The lowest BCUT2D eigenvalue weighted by Gasteiger charge is -2.22. The first-order valence-electron chi connectivity index (χ1n) is 6.13. The molecule has 20 heavy (non-hydrogen) atoms. The van der Waals surface area contributed by atoms with Gasteiger partial charge in [-0.05, 0) is 43.5 Å². The molecule has 1 heterocycles. The Morgan fingerprint density at radius 2 is 2.20 bits per heavy atom. The van der Waals surface area contributed by atoms with E-state index in [0.29, 0.717) is 24.0 Å². The average molecular weight is 294 g/mol. The van der Waals surface area contributed by atoms with E-state index in [-0.39, 0.29) is 11.4 Å². The van der Waals surface area contributed by atoms with Crippen LogP contribution in [0.3, 0.4) is 0 Å². The number of hydrogen-bond donors (Lipinski definition) is 1. The number of aliphatic carboxylic acids is 1. The molecule has 0 saturated carbocycles. The lowest BCUT2D eigenvalue weighted by atomic mass is 10.2. The molecule has 0 aliphatic carbocycles. The second-order valence-electron chi connectivity index (χ2n) is 4.70. The second kappa shape index (κ2) is 5.23. The van der Waals surface area contributed by atoms with Crippen molar-refractivity contribution in [3.8, 4) is 6.07 Å². The maximum absolute atomic E-state index is 12.5. The molecule has 106 valence electrons. The highest BCUT2D eigenvalue weighted by Gasteiger charge is 2.39. The van der Waals surface area contributed by atoms with Crippen molar-refractivity contribution in [3.05, 3.63) is 29.3 Å². The number of hydrogen-bond acceptors (Lipinski definition) is 4. The minimum absolute atomic E-state index is 0.0599. The van der Waals surface area contributed by atoms with Crippen LogP contribution in [-0.2, 0) is 14.8 Å². The van der Waals surface area contributed by atoms with Gasteiger partial charge in [-0.15, -0.1) is 0 Å². The Kier molecular flexibility index (Phi) is 3.79. The van der Waals surface area contributed by atoms with Gasteiger partial charge in [0.25, 0.3) is 0 Å². The van der Waals surface area contributed by atoms with Crippen LogP contribution in [0.15, 0.2) is 23.1 Å². The molecule has 2 rings (SSSR count). The van der Waals surface area contributed by atoms with Crippen molar-refractivity contribution in [1.29, 1.82) is 5.26 Å². The highest BCUT2D eigenvalue weighted by atomic mass is 32.2. The minimum atomic E-state index is -3.85. The third-order valence-electron chi connectivity index (χ3n) is 3.38. The highest BCUT2D eigenvalue weighted by Crippen LogP contribution is 2.28. The number of rotatable bonds is 3. The molecule has 0 aromatic heterocycles. The lowest BCUT2D eigenvalue weighted by molar-refractivity contribution is -0.140. The number of aryl methyl sites for hydroxylation is 1. The number of benzene rings is 1. The van der Waals surface area contributed by atoms with Crippen LogP contribution in [0.25, 0.3) is 0 Å². The molecular formula is C13H14N2O4S. The summed E-state index contributed by atoms with van der Waals surface area (Å²) < 4.78 is 26.1. The van der Waals surface area contributed by atoms with Crippen molar-refractivity contribution in [2.75, 3.05) is 6.54 Å². The highest BCUT2D eigenvalue weighted by molar-refractivity contribution is 7.89. The van der Waals surface area contributed by atoms with E-state index in [1.54, 1.807) is 6.92 Å². The van der Waals surface area contributed by atoms with Gasteiger partial charge in [0.2, 0.25) is 10.0 Å². The molecule has 1 fully saturated rings. The molecule has 0 amide bonds. The van der Waals surface area contributed by atoms with E-state index in [1.807, 2.05) is 6.07 Å². The van der Waals surface area contributed by atoms with Crippen molar-refractivity contribution in [2.24, 2.45) is 0 Å². The van der Waals surface area contributed by atoms with Crippen LogP contribution in [0.5, 0.6) is 0 Å². The normalized spacial score (nSPS) is 19.7. The molecule has 6 nitrogen and oxygen atoms in total. The number of carboxylic acid groups (broad SMARTS) is 1. The molecule has 1 saturated heterocycles. The molecular weight excluding hydrogens is 280 g/mol. The van der Waals surface area contributed by atoms with Crippen LogP contribution in [0.2, 0.25) is 0 Å². The molecule has 1 N–H and O–H groups in total. The van der Waals surface area contributed by atoms with Crippen molar-refractivity contribution in [3.63, 3.8) is 0 Å². The Labute approximate surface area is 117 Å². The summed E-state index contributed by atoms with van der Waals surface area (Å²) in [6, 6.07) is 5.20. The van der Waals surface area contributed by atoms with Crippen molar-refractivity contribution >= 4 is 16.0 Å². The summed E-state index contributed by atoms with van der Waals surface area (Å²) in [5.74, 6) is -1.13. The fraction of sp³-hybridized carbons (Fsp3) is 0.385. The van der Waals surface area contributed by atoms with Crippen molar-refractivity contribution in [1.82, 2.24) is 4.31 Å². The van der Waals surface area contributed by atoms with Gasteiger partial charge in [0.15, 0.2) is 0 Å². The van der Waals surface area contributed by atoms with E-state index in [9.17, 15) is 13.2 Å². The fourth-order valence-corrected chi connectivity index (χ4v) is 4.27. The molecule has 1 aliphatic heterocycles. The van der Waals surface area contributed by atoms with Crippen LogP contribution in [0.4, 0.5) is 0 Å². The van der Waals surface area contributed by atoms with Gasteiger partial charge < -0.3 is 5.11 Å². The number of carboxylic acids is 1. The topological polar surface area (TPSA) is 98.5 Å². The molecule has 1 aromatic carbocycles. The van der Waals surface area contributed by atoms with Crippen LogP contribution < -0.4 is 0 Å². The smallest absolute Gasteiger partial charge is 0.322 e. The Bertz CT molecular complexity index is 691.